The van der Waals surface area contributed by atoms with Crippen LogP contribution in [0.15, 0.2) is 71.6 Å². The first kappa shape index (κ1) is 24.6. The van der Waals surface area contributed by atoms with E-state index in [1.165, 1.54) is 18.2 Å². The fourth-order valence-electron chi connectivity index (χ4n) is 3.40. The van der Waals surface area contributed by atoms with E-state index in [1.807, 2.05) is 0 Å². The Hall–Kier alpha value is -3.06. The summed E-state index contributed by atoms with van der Waals surface area (Å²) in [6.07, 6.45) is 0.426. The lowest BCUT2D eigenvalue weighted by Crippen LogP contribution is -2.25. The van der Waals surface area contributed by atoms with Gasteiger partial charge in [0, 0.05) is 12.8 Å². The van der Waals surface area contributed by atoms with Gasteiger partial charge >= 0.3 is 0 Å². The molecule has 0 spiro atoms. The van der Waals surface area contributed by atoms with Crippen LogP contribution in [0.1, 0.15) is 37.5 Å². The van der Waals surface area contributed by atoms with Gasteiger partial charge in [-0.15, -0.1) is 0 Å². The number of ketones is 1. The van der Waals surface area contributed by atoms with Gasteiger partial charge in [-0.25, -0.2) is 17.2 Å². The van der Waals surface area contributed by atoms with Gasteiger partial charge in [-0.3, -0.25) is 4.79 Å². The number of ether oxygens (including phenoxy) is 1. The molecule has 3 aromatic carbocycles. The Bertz CT molecular complexity index is 1230. The van der Waals surface area contributed by atoms with Crippen molar-refractivity contribution in [3.05, 3.63) is 95.1 Å². The summed E-state index contributed by atoms with van der Waals surface area (Å²) in [5, 5.41) is 0. The SMILES string of the molecule is CCS(=O)(=O)c1ccc(CC(=O)Cc2ccc(OC(C)(C)c3ccc(F)c(F)c3)cc2)cc1. The molecule has 0 fully saturated rings. The smallest absolute Gasteiger partial charge is 0.178 e. The number of Topliss-reactive ketones (excluding diaryl/α,β-unsaturated/α-hetero) is 1. The van der Waals surface area contributed by atoms with Crippen molar-refractivity contribution in [3.63, 3.8) is 0 Å². The highest BCUT2D eigenvalue weighted by Crippen LogP contribution is 2.29. The highest BCUT2D eigenvalue weighted by atomic mass is 32.2. The van der Waals surface area contributed by atoms with E-state index in [4.69, 9.17) is 4.74 Å². The first-order valence-electron chi connectivity index (χ1n) is 10.6. The maximum atomic E-state index is 13.6. The van der Waals surface area contributed by atoms with Crippen molar-refractivity contribution in [1.82, 2.24) is 0 Å². The predicted molar refractivity (Wildman–Crippen MR) is 123 cm³/mol. The third kappa shape index (κ3) is 6.26. The number of carbonyl (C=O) groups excluding carboxylic acids is 1. The van der Waals surface area contributed by atoms with Crippen molar-refractivity contribution < 1.29 is 26.7 Å². The van der Waals surface area contributed by atoms with E-state index in [0.717, 1.165) is 23.3 Å². The molecule has 0 unspecified atom stereocenters. The first-order chi connectivity index (χ1) is 15.5. The minimum absolute atomic E-state index is 0.00288. The molecule has 0 saturated carbocycles. The van der Waals surface area contributed by atoms with Gasteiger partial charge in [0.05, 0.1) is 10.6 Å². The molecule has 0 N–H and O–H groups in total. The Morgan fingerprint density at radius 2 is 1.39 bits per heavy atom. The second kappa shape index (κ2) is 9.83. The number of hydrogen-bond acceptors (Lipinski definition) is 4. The van der Waals surface area contributed by atoms with Crippen LogP contribution >= 0.6 is 0 Å². The van der Waals surface area contributed by atoms with Gasteiger partial charge in [-0.05, 0) is 66.9 Å². The molecule has 33 heavy (non-hydrogen) atoms. The number of carbonyl (C=O) groups is 1. The summed E-state index contributed by atoms with van der Waals surface area (Å²) >= 11 is 0. The van der Waals surface area contributed by atoms with Crippen LogP contribution in [-0.4, -0.2) is 20.0 Å². The third-order valence-corrected chi connectivity index (χ3v) is 7.13. The number of sulfone groups is 1. The van der Waals surface area contributed by atoms with Gasteiger partial charge in [-0.1, -0.05) is 37.3 Å². The molecule has 4 nitrogen and oxygen atoms in total. The molecule has 0 amide bonds. The highest BCUT2D eigenvalue weighted by molar-refractivity contribution is 7.91. The van der Waals surface area contributed by atoms with Gasteiger partial charge in [0.1, 0.15) is 17.1 Å². The summed E-state index contributed by atoms with van der Waals surface area (Å²) < 4.78 is 56.5. The molecule has 0 aliphatic carbocycles. The van der Waals surface area contributed by atoms with E-state index in [2.05, 4.69) is 0 Å². The zero-order valence-corrected chi connectivity index (χ0v) is 19.6. The predicted octanol–water partition coefficient (Wildman–Crippen LogP) is 5.43. The third-order valence-electron chi connectivity index (χ3n) is 5.38. The zero-order chi connectivity index (χ0) is 24.2. The molecule has 0 bridgehead atoms. The Morgan fingerprint density at radius 1 is 0.848 bits per heavy atom. The highest BCUT2D eigenvalue weighted by Gasteiger charge is 2.24. The summed E-state index contributed by atoms with van der Waals surface area (Å²) in [5.74, 6) is -1.28. The molecule has 0 aliphatic heterocycles. The molecule has 0 heterocycles. The fraction of sp³-hybridized carbons (Fsp3) is 0.269. The lowest BCUT2D eigenvalue weighted by molar-refractivity contribution is -0.117. The van der Waals surface area contributed by atoms with Crippen molar-refractivity contribution in [1.29, 1.82) is 0 Å². The van der Waals surface area contributed by atoms with Crippen LogP contribution in [0.25, 0.3) is 0 Å². The van der Waals surface area contributed by atoms with Crippen molar-refractivity contribution in [3.8, 4) is 5.75 Å². The minimum atomic E-state index is -3.26. The minimum Gasteiger partial charge on any atom is -0.483 e. The summed E-state index contributed by atoms with van der Waals surface area (Å²) in [7, 11) is -3.26. The van der Waals surface area contributed by atoms with Crippen molar-refractivity contribution in [2.24, 2.45) is 0 Å². The molecular formula is C26H26F2O4S. The molecule has 3 aromatic rings. The van der Waals surface area contributed by atoms with E-state index >= 15 is 0 Å². The summed E-state index contributed by atoms with van der Waals surface area (Å²) in [5.41, 5.74) is 1.17. The summed E-state index contributed by atoms with van der Waals surface area (Å²) in [6.45, 7) is 5.11. The topological polar surface area (TPSA) is 60.4 Å². The second-order valence-corrected chi connectivity index (χ2v) is 10.6. The molecule has 0 atom stereocenters. The Morgan fingerprint density at radius 3 is 1.91 bits per heavy atom. The van der Waals surface area contributed by atoms with Crippen LogP contribution in [-0.2, 0) is 33.1 Å². The summed E-state index contributed by atoms with van der Waals surface area (Å²) in [4.78, 5) is 12.7. The largest absolute Gasteiger partial charge is 0.483 e. The maximum Gasteiger partial charge on any atom is 0.178 e. The molecule has 0 saturated heterocycles. The van der Waals surface area contributed by atoms with Crippen molar-refractivity contribution in [2.75, 3.05) is 5.75 Å². The Kier molecular flexibility index (Phi) is 7.32. The second-order valence-electron chi connectivity index (χ2n) is 8.32. The van der Waals surface area contributed by atoms with Crippen LogP contribution < -0.4 is 4.74 Å². The molecule has 0 aromatic heterocycles. The Balaban J connectivity index is 1.61. The van der Waals surface area contributed by atoms with Crippen LogP contribution in [0.5, 0.6) is 5.75 Å². The quantitative estimate of drug-likeness (QED) is 0.417. The fourth-order valence-corrected chi connectivity index (χ4v) is 4.28. The normalized spacial score (nSPS) is 11.9. The number of rotatable bonds is 9. The average Bonchev–Trinajstić information content (AvgIpc) is 2.77. The standard InChI is InChI=1S/C26H26F2O4S/c1-4-33(30,31)23-12-7-19(8-13-23)16-21(29)15-18-5-10-22(11-6-18)32-26(2,3)20-9-14-24(27)25(28)17-20/h5-14,17H,4,15-16H2,1-3H3. The monoisotopic (exact) mass is 472 g/mol. The number of benzene rings is 3. The van der Waals surface area contributed by atoms with Gasteiger partial charge < -0.3 is 4.74 Å². The maximum absolute atomic E-state index is 13.6. The molecule has 7 heteroatoms. The molecule has 0 radical (unpaired) electrons. The van der Waals surface area contributed by atoms with Crippen LogP contribution in [0.4, 0.5) is 8.78 Å². The summed E-state index contributed by atoms with van der Waals surface area (Å²) in [6, 6.07) is 17.1. The van der Waals surface area contributed by atoms with E-state index in [9.17, 15) is 22.0 Å². The average molecular weight is 473 g/mol. The first-order valence-corrected chi connectivity index (χ1v) is 12.2. The van der Waals surface area contributed by atoms with Crippen LogP contribution in [0.3, 0.4) is 0 Å². The molecular weight excluding hydrogens is 446 g/mol. The van der Waals surface area contributed by atoms with Gasteiger partial charge in [0.2, 0.25) is 0 Å². The molecule has 174 valence electrons. The van der Waals surface area contributed by atoms with Crippen molar-refractivity contribution in [2.45, 2.75) is 44.1 Å². The van der Waals surface area contributed by atoms with Crippen LogP contribution in [0.2, 0.25) is 0 Å². The van der Waals surface area contributed by atoms with Gasteiger partial charge in [-0.2, -0.15) is 0 Å². The Labute approximate surface area is 193 Å². The van der Waals surface area contributed by atoms with Gasteiger partial charge in [0.15, 0.2) is 21.5 Å². The lowest BCUT2D eigenvalue weighted by atomic mass is 9.97. The van der Waals surface area contributed by atoms with Gasteiger partial charge in [0.25, 0.3) is 0 Å². The lowest BCUT2D eigenvalue weighted by Gasteiger charge is -2.27. The van der Waals surface area contributed by atoms with E-state index < -0.39 is 27.1 Å². The molecule has 3 rings (SSSR count). The zero-order valence-electron chi connectivity index (χ0n) is 18.8. The van der Waals surface area contributed by atoms with E-state index in [1.54, 1.807) is 57.2 Å². The number of hydrogen-bond donors (Lipinski definition) is 0. The van der Waals surface area contributed by atoms with E-state index in [-0.39, 0.29) is 29.3 Å². The van der Waals surface area contributed by atoms with Crippen molar-refractivity contribution >= 4 is 15.6 Å². The van der Waals surface area contributed by atoms with E-state index in [0.29, 0.717) is 11.3 Å². The van der Waals surface area contributed by atoms with Crippen LogP contribution in [0, 0.1) is 11.6 Å². The molecule has 0 aliphatic rings. The number of halogens is 2.